The van der Waals surface area contributed by atoms with Crippen LogP contribution in [0.25, 0.3) is 0 Å². The van der Waals surface area contributed by atoms with Crippen molar-refractivity contribution in [2.45, 2.75) is 133 Å². The molecule has 47 heavy (non-hydrogen) atoms. The third-order valence-electron chi connectivity index (χ3n) is 13.3. The third-order valence-corrected chi connectivity index (χ3v) is 14.8. The number of amides is 4. The summed E-state index contributed by atoms with van der Waals surface area (Å²) in [6.07, 6.45) is 13.8. The van der Waals surface area contributed by atoms with Crippen LogP contribution >= 0.6 is 11.8 Å². The lowest BCUT2D eigenvalue weighted by atomic mass is 9.47. The highest BCUT2D eigenvalue weighted by atomic mass is 32.2. The van der Waals surface area contributed by atoms with Gasteiger partial charge in [-0.2, -0.15) is 11.8 Å². The molecule has 262 valence electrons. The third kappa shape index (κ3) is 6.74. The zero-order valence-corrected chi connectivity index (χ0v) is 29.4. The van der Waals surface area contributed by atoms with E-state index in [2.05, 4.69) is 41.2 Å². The summed E-state index contributed by atoms with van der Waals surface area (Å²) in [6.45, 7) is 7.24. The van der Waals surface area contributed by atoms with Gasteiger partial charge < -0.3 is 31.1 Å². The van der Waals surface area contributed by atoms with Crippen LogP contribution in [0, 0.1) is 28.6 Å². The van der Waals surface area contributed by atoms with Crippen molar-refractivity contribution in [2.24, 2.45) is 28.6 Å². The number of hydrogen-bond donors (Lipinski definition) is 5. The normalized spacial score (nSPS) is 40.2. The fourth-order valence-electron chi connectivity index (χ4n) is 10.5. The number of allylic oxidation sites excluding steroid dienone is 1. The first-order valence-corrected chi connectivity index (χ1v) is 19.3. The van der Waals surface area contributed by atoms with E-state index in [-0.39, 0.29) is 59.3 Å². The maximum absolute atomic E-state index is 12.5. The molecule has 4 amide bonds. The van der Waals surface area contributed by atoms with E-state index in [0.717, 1.165) is 70.0 Å². The molecule has 6 rings (SSSR count). The summed E-state index contributed by atoms with van der Waals surface area (Å²) >= 11 is 1.90. The average Bonchev–Trinajstić information content (AvgIpc) is 3.68. The van der Waals surface area contributed by atoms with Gasteiger partial charge in [-0.1, -0.05) is 31.9 Å². The van der Waals surface area contributed by atoms with Crippen LogP contribution in [0.3, 0.4) is 0 Å². The predicted octanol–water partition coefficient (Wildman–Crippen LogP) is 4.00. The van der Waals surface area contributed by atoms with Crippen LogP contribution in [0.4, 0.5) is 4.79 Å². The molecule has 5 N–H and O–H groups in total. The summed E-state index contributed by atoms with van der Waals surface area (Å²) in [5, 5.41) is 23.7. The number of ether oxygens (including phenoxy) is 1. The number of fused-ring (bicyclic) bond motifs is 6. The van der Waals surface area contributed by atoms with E-state index < -0.39 is 5.60 Å². The number of carbonyl (C=O) groups excluding carboxylic acids is 4. The van der Waals surface area contributed by atoms with E-state index in [1.165, 1.54) is 5.57 Å². The molecular formula is C36H56N4O6S. The lowest BCUT2D eigenvalue weighted by Crippen LogP contribution is -2.57. The largest absolute Gasteiger partial charge is 0.382 e. The van der Waals surface area contributed by atoms with Gasteiger partial charge in [-0.3, -0.25) is 14.4 Å². The van der Waals surface area contributed by atoms with Crippen molar-refractivity contribution in [3.63, 3.8) is 0 Å². The number of rotatable bonds is 13. The number of hydrogen-bond acceptors (Lipinski definition) is 7. The number of aliphatic hydroxyl groups is 1. The van der Waals surface area contributed by atoms with Crippen LogP contribution in [-0.2, 0) is 19.1 Å². The van der Waals surface area contributed by atoms with Gasteiger partial charge in [0.2, 0.25) is 11.8 Å². The van der Waals surface area contributed by atoms with Crippen LogP contribution < -0.4 is 21.3 Å². The summed E-state index contributed by atoms with van der Waals surface area (Å²) in [7, 11) is 0. The summed E-state index contributed by atoms with van der Waals surface area (Å²) < 4.78 is 6.11. The minimum Gasteiger partial charge on any atom is -0.382 e. The van der Waals surface area contributed by atoms with E-state index in [1.807, 2.05) is 11.8 Å². The zero-order chi connectivity index (χ0) is 33.4. The Morgan fingerprint density at radius 2 is 1.77 bits per heavy atom. The van der Waals surface area contributed by atoms with Crippen LogP contribution in [0.1, 0.15) is 104 Å². The molecule has 4 aliphatic carbocycles. The SMILES string of the molecule is CC(=O)[C@@]1(O)CC[C@H]2[C@@H]3CC=C4C[C@@H](OCC(=O)NCCCNC(=O)CCCC[C@@H]5SC[C@@H]6NC(=O)N[C@@H]65)CC[C@]4(C)[C@H]3CC[C@@]21C. The summed E-state index contributed by atoms with van der Waals surface area (Å²) in [4.78, 5) is 48.8. The lowest BCUT2D eigenvalue weighted by molar-refractivity contribution is -0.159. The molecular weight excluding hydrogens is 616 g/mol. The maximum Gasteiger partial charge on any atom is 0.315 e. The molecule has 0 aromatic heterocycles. The van der Waals surface area contributed by atoms with Gasteiger partial charge in [0.25, 0.3) is 0 Å². The van der Waals surface area contributed by atoms with E-state index >= 15 is 0 Å². The van der Waals surface area contributed by atoms with Gasteiger partial charge in [-0.15, -0.1) is 0 Å². The molecule has 6 aliphatic rings. The Morgan fingerprint density at radius 3 is 2.55 bits per heavy atom. The van der Waals surface area contributed by atoms with Crippen LogP contribution in [0.15, 0.2) is 11.6 Å². The molecule has 5 fully saturated rings. The molecule has 0 aromatic carbocycles. The molecule has 2 saturated heterocycles. The predicted molar refractivity (Wildman–Crippen MR) is 182 cm³/mol. The molecule has 10 nitrogen and oxygen atoms in total. The number of urea groups is 1. The fraction of sp³-hybridized carbons (Fsp3) is 0.833. The Balaban J connectivity index is 0.846. The second kappa shape index (κ2) is 14.0. The molecule has 0 radical (unpaired) electrons. The molecule has 0 aromatic rings. The van der Waals surface area contributed by atoms with Crippen LogP contribution in [0.5, 0.6) is 0 Å². The van der Waals surface area contributed by atoms with Crippen molar-refractivity contribution in [3.05, 3.63) is 11.6 Å². The zero-order valence-electron chi connectivity index (χ0n) is 28.5. The summed E-state index contributed by atoms with van der Waals surface area (Å²) in [6, 6.07) is 0.387. The lowest BCUT2D eigenvalue weighted by Gasteiger charge is -2.58. The number of nitrogens with one attached hydrogen (secondary N) is 4. The molecule has 2 aliphatic heterocycles. The van der Waals surface area contributed by atoms with Crippen molar-refractivity contribution >= 4 is 35.4 Å². The molecule has 0 unspecified atom stereocenters. The molecule has 11 heteroatoms. The second-order valence-electron chi connectivity index (χ2n) is 15.8. The van der Waals surface area contributed by atoms with Gasteiger partial charge in [0, 0.05) is 35.9 Å². The molecule has 0 spiro atoms. The minimum atomic E-state index is -1.18. The second-order valence-corrected chi connectivity index (χ2v) is 17.0. The van der Waals surface area contributed by atoms with Gasteiger partial charge in [0.15, 0.2) is 5.78 Å². The summed E-state index contributed by atoms with van der Waals surface area (Å²) in [5.74, 6) is 2.27. The van der Waals surface area contributed by atoms with Crippen molar-refractivity contribution in [1.29, 1.82) is 0 Å². The first kappa shape index (κ1) is 34.7. The van der Waals surface area contributed by atoms with Gasteiger partial charge in [0.1, 0.15) is 12.2 Å². The number of unbranched alkanes of at least 4 members (excludes halogenated alkanes) is 1. The van der Waals surface area contributed by atoms with Crippen molar-refractivity contribution in [3.8, 4) is 0 Å². The van der Waals surface area contributed by atoms with Gasteiger partial charge in [0.05, 0.1) is 18.2 Å². The Labute approximate surface area is 284 Å². The molecule has 2 heterocycles. The van der Waals surface area contributed by atoms with E-state index in [0.29, 0.717) is 55.4 Å². The Morgan fingerprint density at radius 1 is 1.00 bits per heavy atom. The Hall–Kier alpha value is -2.11. The Kier molecular flexibility index (Phi) is 10.4. The fourth-order valence-corrected chi connectivity index (χ4v) is 12.1. The monoisotopic (exact) mass is 672 g/mol. The standard InChI is InChI=1S/C36H56N4O6S/c1-22(41)36(45)16-13-27-25-10-9-23-19-24(11-14-34(23,2)26(25)12-15-35(27,36)3)46-20-31(43)38-18-6-17-37-30(42)8-5-4-7-29-32-28(21-47-29)39-33(44)40-32/h9,24-29,32,45H,4-8,10-21H2,1-3H3,(H,37,42)(H,38,43)(H2,39,40,44)/t24-,25+,26-,27-,28-,29-,32-,34-,35-,36-/m0/s1. The van der Waals surface area contributed by atoms with E-state index in [4.69, 9.17) is 4.74 Å². The Bertz CT molecular complexity index is 1260. The first-order valence-electron chi connectivity index (χ1n) is 18.2. The molecule has 0 bridgehead atoms. The van der Waals surface area contributed by atoms with E-state index in [1.54, 1.807) is 6.92 Å². The van der Waals surface area contributed by atoms with E-state index in [9.17, 15) is 24.3 Å². The van der Waals surface area contributed by atoms with Crippen molar-refractivity contribution < 1.29 is 29.0 Å². The maximum atomic E-state index is 12.5. The summed E-state index contributed by atoms with van der Waals surface area (Å²) in [5.41, 5.74) is 0.0948. The highest BCUT2D eigenvalue weighted by Crippen LogP contribution is 2.67. The highest BCUT2D eigenvalue weighted by molar-refractivity contribution is 8.00. The van der Waals surface area contributed by atoms with Crippen LogP contribution in [0.2, 0.25) is 0 Å². The first-order chi connectivity index (χ1) is 22.4. The van der Waals surface area contributed by atoms with Crippen molar-refractivity contribution in [2.75, 3.05) is 25.4 Å². The number of thioether (sulfide) groups is 1. The minimum absolute atomic E-state index is 0.0429. The topological polar surface area (TPSA) is 146 Å². The van der Waals surface area contributed by atoms with Gasteiger partial charge >= 0.3 is 6.03 Å². The van der Waals surface area contributed by atoms with Crippen LogP contribution in [-0.4, -0.2) is 83.2 Å². The smallest absolute Gasteiger partial charge is 0.315 e. The quantitative estimate of drug-likeness (QED) is 0.113. The van der Waals surface area contributed by atoms with Gasteiger partial charge in [-0.25, -0.2) is 4.79 Å². The van der Waals surface area contributed by atoms with Crippen molar-refractivity contribution in [1.82, 2.24) is 21.3 Å². The van der Waals surface area contributed by atoms with Gasteiger partial charge in [-0.05, 0) is 101 Å². The molecule has 3 saturated carbocycles. The highest BCUT2D eigenvalue weighted by Gasteiger charge is 2.65. The number of Topliss-reactive ketones (excluding diaryl/α,β-unsaturated/α-hetero) is 1. The number of ketones is 1. The average molecular weight is 673 g/mol. The number of carbonyl (C=O) groups is 4. The molecule has 10 atom stereocenters.